The highest BCUT2D eigenvalue weighted by Crippen LogP contribution is 2.46. The van der Waals surface area contributed by atoms with Crippen molar-refractivity contribution < 1.29 is 13.9 Å². The van der Waals surface area contributed by atoms with E-state index in [0.29, 0.717) is 0 Å². The SMILES string of the molecule is CC.OCC12CCN1CC(F)(F)C2. The van der Waals surface area contributed by atoms with Crippen molar-refractivity contribution in [3.8, 4) is 0 Å². The van der Waals surface area contributed by atoms with Gasteiger partial charge in [0.05, 0.1) is 18.7 Å². The zero-order valence-electron chi connectivity index (χ0n) is 8.19. The molecule has 0 radical (unpaired) electrons. The van der Waals surface area contributed by atoms with Gasteiger partial charge in [0.2, 0.25) is 0 Å². The van der Waals surface area contributed by atoms with E-state index < -0.39 is 11.5 Å². The third-order valence-electron chi connectivity index (χ3n) is 2.82. The Bertz CT molecular complexity index is 182. The fraction of sp³-hybridized carbons (Fsp3) is 1.00. The van der Waals surface area contributed by atoms with Gasteiger partial charge in [-0.25, -0.2) is 8.78 Å². The molecule has 2 nitrogen and oxygen atoms in total. The summed E-state index contributed by atoms with van der Waals surface area (Å²) in [6.45, 7) is 4.44. The van der Waals surface area contributed by atoms with E-state index in [1.54, 1.807) is 4.90 Å². The number of hydrogen-bond acceptors (Lipinski definition) is 2. The molecule has 0 saturated carbocycles. The van der Waals surface area contributed by atoms with E-state index in [4.69, 9.17) is 5.11 Å². The highest BCUT2D eigenvalue weighted by Gasteiger charge is 2.58. The Hall–Kier alpha value is -0.220. The zero-order valence-corrected chi connectivity index (χ0v) is 8.19. The number of fused-ring (bicyclic) bond motifs is 1. The minimum absolute atomic E-state index is 0.122. The summed E-state index contributed by atoms with van der Waals surface area (Å²) in [4.78, 5) is 1.69. The van der Waals surface area contributed by atoms with Crippen LogP contribution in [0.3, 0.4) is 0 Å². The summed E-state index contributed by atoms with van der Waals surface area (Å²) in [5.74, 6) is -2.57. The molecule has 2 aliphatic rings. The Morgan fingerprint density at radius 3 is 2.23 bits per heavy atom. The Balaban J connectivity index is 0.000000396. The van der Waals surface area contributed by atoms with Crippen LogP contribution in [-0.2, 0) is 0 Å². The highest BCUT2D eigenvalue weighted by molar-refractivity contribution is 5.09. The smallest absolute Gasteiger partial charge is 0.262 e. The van der Waals surface area contributed by atoms with Crippen LogP contribution in [-0.4, -0.2) is 41.2 Å². The van der Waals surface area contributed by atoms with Crippen molar-refractivity contribution >= 4 is 0 Å². The fourth-order valence-corrected chi connectivity index (χ4v) is 2.08. The standard InChI is InChI=1S/C7H11F2NO.C2H6/c8-7(9)3-6(5-11)1-2-10(6)4-7;1-2/h11H,1-5H2;1-2H3. The van der Waals surface area contributed by atoms with Crippen molar-refractivity contribution in [3.05, 3.63) is 0 Å². The molecule has 0 amide bonds. The van der Waals surface area contributed by atoms with Crippen LogP contribution in [0.25, 0.3) is 0 Å². The predicted octanol–water partition coefficient (Wildman–Crippen LogP) is 1.49. The van der Waals surface area contributed by atoms with E-state index in [1.165, 1.54) is 0 Å². The Kier molecular flexibility index (Phi) is 2.92. The van der Waals surface area contributed by atoms with Crippen molar-refractivity contribution in [1.82, 2.24) is 4.90 Å². The monoisotopic (exact) mass is 193 g/mol. The summed E-state index contributed by atoms with van der Waals surface area (Å²) in [6, 6.07) is 0. The second-order valence-electron chi connectivity index (χ2n) is 3.59. The van der Waals surface area contributed by atoms with E-state index in [9.17, 15) is 8.78 Å². The first-order valence-electron chi connectivity index (χ1n) is 4.82. The lowest BCUT2D eigenvalue weighted by Crippen LogP contribution is -2.57. The topological polar surface area (TPSA) is 23.5 Å². The van der Waals surface area contributed by atoms with E-state index in [1.807, 2.05) is 13.8 Å². The lowest BCUT2D eigenvalue weighted by atomic mass is 9.85. The number of alkyl halides is 2. The maximum atomic E-state index is 12.8. The third kappa shape index (κ3) is 1.70. The lowest BCUT2D eigenvalue weighted by molar-refractivity contribution is -0.0191. The first kappa shape index (κ1) is 10.9. The molecule has 0 aliphatic carbocycles. The number of aliphatic hydroxyl groups excluding tert-OH is 1. The molecule has 1 N–H and O–H groups in total. The van der Waals surface area contributed by atoms with Gasteiger partial charge in [-0.2, -0.15) is 0 Å². The van der Waals surface area contributed by atoms with E-state index in [-0.39, 0.29) is 19.6 Å². The number of halogens is 2. The van der Waals surface area contributed by atoms with Gasteiger partial charge >= 0.3 is 0 Å². The molecule has 0 aromatic heterocycles. The molecule has 0 bridgehead atoms. The van der Waals surface area contributed by atoms with Crippen LogP contribution in [0.1, 0.15) is 26.7 Å². The van der Waals surface area contributed by atoms with Crippen LogP contribution in [0.2, 0.25) is 0 Å². The molecule has 0 aromatic carbocycles. The minimum Gasteiger partial charge on any atom is -0.394 e. The zero-order chi connectivity index (χ0) is 10.1. The van der Waals surface area contributed by atoms with Crippen LogP contribution in [0.15, 0.2) is 0 Å². The number of hydrogen-bond donors (Lipinski definition) is 1. The maximum Gasteiger partial charge on any atom is 0.262 e. The second-order valence-corrected chi connectivity index (χ2v) is 3.59. The van der Waals surface area contributed by atoms with Gasteiger partial charge in [-0.3, -0.25) is 4.90 Å². The second kappa shape index (κ2) is 3.50. The molecule has 2 saturated heterocycles. The quantitative estimate of drug-likeness (QED) is 0.682. The molecule has 2 fully saturated rings. The molecule has 13 heavy (non-hydrogen) atoms. The summed E-state index contributed by atoms with van der Waals surface area (Å²) in [5.41, 5.74) is -0.552. The fourth-order valence-electron chi connectivity index (χ4n) is 2.08. The van der Waals surface area contributed by atoms with Gasteiger partial charge in [-0.05, 0) is 6.42 Å². The molecule has 2 heterocycles. The summed E-state index contributed by atoms with van der Waals surface area (Å²) >= 11 is 0. The van der Waals surface area contributed by atoms with Gasteiger partial charge in [0.15, 0.2) is 0 Å². The summed E-state index contributed by atoms with van der Waals surface area (Å²) in [6.07, 6.45) is 0.565. The summed E-state index contributed by atoms with van der Waals surface area (Å²) in [7, 11) is 0. The van der Waals surface area contributed by atoms with Crippen LogP contribution < -0.4 is 0 Å². The number of nitrogens with zero attached hydrogens (tertiary/aromatic N) is 1. The predicted molar refractivity (Wildman–Crippen MR) is 46.9 cm³/mol. The molecule has 0 spiro atoms. The third-order valence-corrected chi connectivity index (χ3v) is 2.82. The highest BCUT2D eigenvalue weighted by atomic mass is 19.3. The molecule has 2 aliphatic heterocycles. The van der Waals surface area contributed by atoms with Gasteiger partial charge < -0.3 is 5.11 Å². The largest absolute Gasteiger partial charge is 0.394 e. The lowest BCUT2D eigenvalue weighted by Gasteiger charge is -2.46. The molecular formula is C9H17F2NO. The van der Waals surface area contributed by atoms with Crippen molar-refractivity contribution in [2.24, 2.45) is 0 Å². The van der Waals surface area contributed by atoms with Gasteiger partial charge in [0, 0.05) is 13.0 Å². The van der Waals surface area contributed by atoms with Crippen molar-refractivity contribution in [2.45, 2.75) is 38.2 Å². The van der Waals surface area contributed by atoms with Crippen molar-refractivity contribution in [1.29, 1.82) is 0 Å². The van der Waals surface area contributed by atoms with Crippen LogP contribution >= 0.6 is 0 Å². The molecule has 4 heteroatoms. The van der Waals surface area contributed by atoms with E-state index in [2.05, 4.69) is 0 Å². The average molecular weight is 193 g/mol. The van der Waals surface area contributed by atoms with Gasteiger partial charge in [0.25, 0.3) is 5.92 Å². The van der Waals surface area contributed by atoms with Crippen molar-refractivity contribution in [2.75, 3.05) is 19.7 Å². The summed E-state index contributed by atoms with van der Waals surface area (Å²) < 4.78 is 25.5. The van der Waals surface area contributed by atoms with Gasteiger partial charge in [-0.15, -0.1) is 0 Å². The number of rotatable bonds is 1. The minimum atomic E-state index is -2.57. The molecule has 1 unspecified atom stereocenters. The summed E-state index contributed by atoms with van der Waals surface area (Å²) in [5, 5.41) is 8.90. The molecule has 2 rings (SSSR count). The first-order chi connectivity index (χ1) is 6.08. The molecule has 1 atom stereocenters. The number of aliphatic hydroxyl groups is 1. The molecular weight excluding hydrogens is 176 g/mol. The normalized spacial score (nSPS) is 35.8. The average Bonchev–Trinajstić information content (AvgIpc) is 2.28. The molecule has 0 aromatic rings. The van der Waals surface area contributed by atoms with Crippen LogP contribution in [0, 0.1) is 0 Å². The van der Waals surface area contributed by atoms with Crippen molar-refractivity contribution in [3.63, 3.8) is 0 Å². The van der Waals surface area contributed by atoms with E-state index >= 15 is 0 Å². The van der Waals surface area contributed by atoms with Gasteiger partial charge in [0.1, 0.15) is 0 Å². The van der Waals surface area contributed by atoms with Crippen LogP contribution in [0.5, 0.6) is 0 Å². The Labute approximate surface area is 77.5 Å². The van der Waals surface area contributed by atoms with Crippen LogP contribution in [0.4, 0.5) is 8.78 Å². The first-order valence-corrected chi connectivity index (χ1v) is 4.82. The van der Waals surface area contributed by atoms with Gasteiger partial charge in [-0.1, -0.05) is 13.8 Å². The van der Waals surface area contributed by atoms with E-state index in [0.717, 1.165) is 13.0 Å². The Morgan fingerprint density at radius 1 is 1.38 bits per heavy atom. The molecule has 78 valence electrons. The Morgan fingerprint density at radius 2 is 2.00 bits per heavy atom. The maximum absolute atomic E-state index is 12.8.